The number of hydrogen-bond donors (Lipinski definition) is 1. The number of aromatic nitrogens is 2. The van der Waals surface area contributed by atoms with E-state index in [-0.39, 0.29) is 23.1 Å². The Balaban J connectivity index is 1.33. The lowest BCUT2D eigenvalue weighted by atomic mass is 9.97. The third-order valence-electron chi connectivity index (χ3n) is 7.53. The Bertz CT molecular complexity index is 1240. The molecule has 2 unspecified atom stereocenters. The summed E-state index contributed by atoms with van der Waals surface area (Å²) in [6.07, 6.45) is 6.98. The number of likely N-dealkylation sites (tertiary alicyclic amines) is 1. The average Bonchev–Trinajstić information content (AvgIpc) is 3.42. The normalized spacial score (nSPS) is 22.6. The molecule has 6 rings (SSSR count). The average molecular weight is 441 g/mol. The summed E-state index contributed by atoms with van der Waals surface area (Å²) in [4.78, 5) is 26.8. The van der Waals surface area contributed by atoms with Crippen molar-refractivity contribution in [3.05, 3.63) is 66.0 Å². The van der Waals surface area contributed by atoms with Gasteiger partial charge >= 0.3 is 0 Å². The number of carbonyl (C=O) groups excluding carboxylic acids is 1. The number of aromatic hydroxyl groups is 1. The van der Waals surface area contributed by atoms with E-state index in [2.05, 4.69) is 34.8 Å². The van der Waals surface area contributed by atoms with Gasteiger partial charge in [0.1, 0.15) is 5.75 Å². The van der Waals surface area contributed by atoms with Gasteiger partial charge in [-0.15, -0.1) is 0 Å². The standard InChI is InChI=1S/C27H28N4O2/c1-17-10-18(2)30(15-17)25(33)20-6-7-23-24(12-20)31(16-27(23)8-9-27)26-28-13-21(14-29-26)19-4-3-5-22(32)11-19/h3-7,11-14,17-18,32H,8-10,15-16H2,1-2H3. The van der Waals surface area contributed by atoms with Crippen LogP contribution in [0.1, 0.15) is 49.0 Å². The van der Waals surface area contributed by atoms with Gasteiger partial charge in [0.2, 0.25) is 5.95 Å². The molecule has 2 aliphatic heterocycles. The summed E-state index contributed by atoms with van der Waals surface area (Å²) in [5.41, 5.74) is 5.01. The monoisotopic (exact) mass is 440 g/mol. The molecule has 2 atom stereocenters. The summed E-state index contributed by atoms with van der Waals surface area (Å²) in [6, 6.07) is 13.6. The second kappa shape index (κ2) is 7.30. The summed E-state index contributed by atoms with van der Waals surface area (Å²) in [5, 5.41) is 9.78. The fourth-order valence-corrected chi connectivity index (χ4v) is 5.61. The summed E-state index contributed by atoms with van der Waals surface area (Å²) >= 11 is 0. The fraction of sp³-hybridized carbons (Fsp3) is 0.370. The first-order chi connectivity index (χ1) is 15.9. The van der Waals surface area contributed by atoms with Crippen molar-refractivity contribution in [1.82, 2.24) is 14.9 Å². The van der Waals surface area contributed by atoms with Crippen LogP contribution in [0.3, 0.4) is 0 Å². The van der Waals surface area contributed by atoms with E-state index in [0.29, 0.717) is 11.9 Å². The largest absolute Gasteiger partial charge is 0.508 e. The molecule has 3 aromatic rings. The van der Waals surface area contributed by atoms with E-state index in [1.54, 1.807) is 24.5 Å². The lowest BCUT2D eigenvalue weighted by Crippen LogP contribution is -2.34. The molecule has 1 spiro atoms. The SMILES string of the molecule is CC1CC(C)N(C(=O)c2ccc3c(c2)N(c2ncc(-c4cccc(O)c4)cn2)CC32CC2)C1. The van der Waals surface area contributed by atoms with Crippen LogP contribution in [-0.4, -0.2) is 45.0 Å². The molecule has 3 heterocycles. The van der Waals surface area contributed by atoms with Gasteiger partial charge in [-0.25, -0.2) is 9.97 Å². The summed E-state index contributed by atoms with van der Waals surface area (Å²) in [7, 11) is 0. The molecule has 6 heteroatoms. The van der Waals surface area contributed by atoms with Crippen LogP contribution < -0.4 is 4.90 Å². The molecule has 33 heavy (non-hydrogen) atoms. The van der Waals surface area contributed by atoms with Crippen molar-refractivity contribution in [1.29, 1.82) is 0 Å². The predicted molar refractivity (Wildman–Crippen MR) is 128 cm³/mol. The maximum atomic E-state index is 13.3. The van der Waals surface area contributed by atoms with Gasteiger partial charge in [-0.1, -0.05) is 25.1 Å². The van der Waals surface area contributed by atoms with Gasteiger partial charge in [0.15, 0.2) is 0 Å². The molecule has 1 amide bonds. The number of benzene rings is 2. The molecule has 1 N–H and O–H groups in total. The quantitative estimate of drug-likeness (QED) is 0.627. The number of nitrogens with zero attached hydrogens (tertiary/aromatic N) is 4. The number of carbonyl (C=O) groups is 1. The maximum absolute atomic E-state index is 13.3. The second-order valence-electron chi connectivity index (χ2n) is 10.1. The highest BCUT2D eigenvalue weighted by atomic mass is 16.3. The van der Waals surface area contributed by atoms with E-state index in [1.165, 1.54) is 5.56 Å². The van der Waals surface area contributed by atoms with Crippen molar-refractivity contribution in [2.45, 2.75) is 44.6 Å². The van der Waals surface area contributed by atoms with E-state index in [9.17, 15) is 9.90 Å². The number of phenolic OH excluding ortho intramolecular Hbond substituents is 1. The van der Waals surface area contributed by atoms with Gasteiger partial charge in [-0.2, -0.15) is 0 Å². The van der Waals surface area contributed by atoms with E-state index in [0.717, 1.165) is 54.7 Å². The van der Waals surface area contributed by atoms with Gasteiger partial charge < -0.3 is 14.9 Å². The molecular weight excluding hydrogens is 412 g/mol. The number of amides is 1. The first-order valence-corrected chi connectivity index (χ1v) is 11.8. The molecule has 2 aromatic carbocycles. The van der Waals surface area contributed by atoms with E-state index in [1.807, 2.05) is 29.2 Å². The minimum Gasteiger partial charge on any atom is -0.508 e. The van der Waals surface area contributed by atoms with Crippen molar-refractivity contribution in [2.24, 2.45) is 5.92 Å². The topological polar surface area (TPSA) is 69.6 Å². The Kier molecular flexibility index (Phi) is 4.47. The number of fused-ring (bicyclic) bond motifs is 2. The van der Waals surface area contributed by atoms with Gasteiger partial charge in [0, 0.05) is 53.8 Å². The van der Waals surface area contributed by atoms with E-state index in [4.69, 9.17) is 0 Å². The molecule has 0 radical (unpaired) electrons. The molecule has 2 fully saturated rings. The minimum absolute atomic E-state index is 0.117. The Labute approximate surface area is 193 Å². The third kappa shape index (κ3) is 3.36. The number of phenols is 1. The molecule has 1 aromatic heterocycles. The Morgan fingerprint density at radius 1 is 1.06 bits per heavy atom. The number of hydrogen-bond acceptors (Lipinski definition) is 5. The lowest BCUT2D eigenvalue weighted by Gasteiger charge is -2.23. The van der Waals surface area contributed by atoms with Gasteiger partial charge in [0.25, 0.3) is 5.91 Å². The van der Waals surface area contributed by atoms with Crippen molar-refractivity contribution in [3.63, 3.8) is 0 Å². The predicted octanol–water partition coefficient (Wildman–Crippen LogP) is 4.90. The molecule has 1 saturated carbocycles. The third-order valence-corrected chi connectivity index (χ3v) is 7.53. The maximum Gasteiger partial charge on any atom is 0.254 e. The number of anilines is 2. The van der Waals surface area contributed by atoms with Crippen LogP contribution in [0, 0.1) is 5.92 Å². The molecular formula is C27H28N4O2. The zero-order valence-electron chi connectivity index (χ0n) is 19.0. The highest BCUT2D eigenvalue weighted by Gasteiger charge is 2.52. The molecule has 1 aliphatic carbocycles. The van der Waals surface area contributed by atoms with Crippen LogP contribution in [0.2, 0.25) is 0 Å². The summed E-state index contributed by atoms with van der Waals surface area (Å²) in [6.45, 7) is 6.03. The summed E-state index contributed by atoms with van der Waals surface area (Å²) < 4.78 is 0. The lowest BCUT2D eigenvalue weighted by molar-refractivity contribution is 0.0744. The highest BCUT2D eigenvalue weighted by molar-refractivity contribution is 5.96. The molecule has 3 aliphatic rings. The van der Waals surface area contributed by atoms with Crippen molar-refractivity contribution >= 4 is 17.5 Å². The highest BCUT2D eigenvalue weighted by Crippen LogP contribution is 2.57. The zero-order chi connectivity index (χ0) is 22.7. The minimum atomic E-state index is 0.117. The van der Waals surface area contributed by atoms with Crippen molar-refractivity contribution in [2.75, 3.05) is 18.0 Å². The smallest absolute Gasteiger partial charge is 0.254 e. The van der Waals surface area contributed by atoms with Crippen LogP contribution in [0.5, 0.6) is 5.75 Å². The van der Waals surface area contributed by atoms with E-state index < -0.39 is 0 Å². The second-order valence-corrected chi connectivity index (χ2v) is 10.1. The molecule has 1 saturated heterocycles. The van der Waals surface area contributed by atoms with Gasteiger partial charge in [-0.05, 0) is 67.5 Å². The van der Waals surface area contributed by atoms with E-state index >= 15 is 0 Å². The fourth-order valence-electron chi connectivity index (χ4n) is 5.61. The molecule has 6 nitrogen and oxygen atoms in total. The first-order valence-electron chi connectivity index (χ1n) is 11.8. The van der Waals surface area contributed by atoms with Crippen LogP contribution in [0.25, 0.3) is 11.1 Å². The summed E-state index contributed by atoms with van der Waals surface area (Å²) in [5.74, 6) is 1.53. The number of rotatable bonds is 3. The van der Waals surface area contributed by atoms with Crippen molar-refractivity contribution in [3.8, 4) is 16.9 Å². The van der Waals surface area contributed by atoms with Crippen molar-refractivity contribution < 1.29 is 9.90 Å². The van der Waals surface area contributed by atoms with Crippen LogP contribution in [-0.2, 0) is 5.41 Å². The van der Waals surface area contributed by atoms with Gasteiger partial charge in [-0.3, -0.25) is 4.79 Å². The Hall–Kier alpha value is -3.41. The van der Waals surface area contributed by atoms with Crippen LogP contribution in [0.15, 0.2) is 54.9 Å². The zero-order valence-corrected chi connectivity index (χ0v) is 19.0. The molecule has 168 valence electrons. The Morgan fingerprint density at radius 3 is 2.52 bits per heavy atom. The van der Waals surface area contributed by atoms with Crippen LogP contribution >= 0.6 is 0 Å². The van der Waals surface area contributed by atoms with Crippen LogP contribution in [0.4, 0.5) is 11.6 Å². The molecule has 0 bridgehead atoms. The first kappa shape index (κ1) is 20.2. The van der Waals surface area contributed by atoms with Gasteiger partial charge in [0.05, 0.1) is 0 Å². The Morgan fingerprint density at radius 2 is 1.85 bits per heavy atom.